The molecule has 3 nitrogen and oxygen atoms in total. The molecular weight excluding hydrogens is 304 g/mol. The van der Waals surface area contributed by atoms with Gasteiger partial charge in [0.1, 0.15) is 11.8 Å². The monoisotopic (exact) mass is 316 g/mol. The van der Waals surface area contributed by atoms with E-state index in [1.807, 2.05) is 48.5 Å². The molecule has 0 radical (unpaired) electrons. The van der Waals surface area contributed by atoms with E-state index < -0.39 is 6.04 Å². The van der Waals surface area contributed by atoms with E-state index in [0.717, 1.165) is 21.5 Å². The van der Waals surface area contributed by atoms with Crippen molar-refractivity contribution in [1.29, 1.82) is 5.26 Å². The fourth-order valence-electron chi connectivity index (χ4n) is 1.77. The van der Waals surface area contributed by atoms with Gasteiger partial charge in [-0.1, -0.05) is 40.2 Å². The van der Waals surface area contributed by atoms with Gasteiger partial charge in [-0.2, -0.15) is 5.26 Å². The normalized spacial score (nSPS) is 11.4. The van der Waals surface area contributed by atoms with Gasteiger partial charge in [-0.3, -0.25) is 0 Å². The average molecular weight is 317 g/mol. The van der Waals surface area contributed by atoms with Crippen LogP contribution in [0.3, 0.4) is 0 Å². The second-order valence-electron chi connectivity index (χ2n) is 3.96. The second kappa shape index (κ2) is 6.26. The van der Waals surface area contributed by atoms with E-state index in [2.05, 4.69) is 27.3 Å². The Balaban J connectivity index is 2.25. The highest BCUT2D eigenvalue weighted by Crippen LogP contribution is 2.27. The highest BCUT2D eigenvalue weighted by molar-refractivity contribution is 9.10. The van der Waals surface area contributed by atoms with Crippen LogP contribution in [0, 0.1) is 11.3 Å². The van der Waals surface area contributed by atoms with Gasteiger partial charge < -0.3 is 10.1 Å². The Bertz CT molecular complexity index is 607. The number of ether oxygens (including phenoxy) is 1. The Morgan fingerprint density at radius 2 is 2.00 bits per heavy atom. The van der Waals surface area contributed by atoms with E-state index in [-0.39, 0.29) is 0 Å². The summed E-state index contributed by atoms with van der Waals surface area (Å²) in [6.07, 6.45) is 0. The lowest BCUT2D eigenvalue weighted by molar-refractivity contribution is 0.415. The standard InChI is InChI=1S/C15H13BrN2O/c1-19-12-6-4-5-11(9-12)18-15(10-17)13-7-2-3-8-14(13)16/h2-9,15,18H,1H3. The van der Waals surface area contributed by atoms with Crippen molar-refractivity contribution in [2.45, 2.75) is 6.04 Å². The van der Waals surface area contributed by atoms with Crippen molar-refractivity contribution >= 4 is 21.6 Å². The van der Waals surface area contributed by atoms with Crippen LogP contribution in [0.25, 0.3) is 0 Å². The van der Waals surface area contributed by atoms with E-state index >= 15 is 0 Å². The lowest BCUT2D eigenvalue weighted by Crippen LogP contribution is -2.09. The van der Waals surface area contributed by atoms with E-state index in [1.165, 1.54) is 0 Å². The minimum atomic E-state index is -0.414. The highest BCUT2D eigenvalue weighted by Gasteiger charge is 2.13. The molecule has 0 fully saturated rings. The second-order valence-corrected chi connectivity index (χ2v) is 4.81. The maximum absolute atomic E-state index is 9.33. The van der Waals surface area contributed by atoms with E-state index in [0.29, 0.717) is 0 Å². The molecule has 1 atom stereocenters. The maximum Gasteiger partial charge on any atom is 0.141 e. The number of hydrogen-bond acceptors (Lipinski definition) is 3. The van der Waals surface area contributed by atoms with Gasteiger partial charge in [0.2, 0.25) is 0 Å². The van der Waals surface area contributed by atoms with Crippen molar-refractivity contribution in [1.82, 2.24) is 0 Å². The number of benzene rings is 2. The smallest absolute Gasteiger partial charge is 0.141 e. The molecule has 1 N–H and O–H groups in total. The molecule has 4 heteroatoms. The van der Waals surface area contributed by atoms with Crippen LogP contribution < -0.4 is 10.1 Å². The molecule has 0 aliphatic rings. The molecular formula is C15H13BrN2O. The Morgan fingerprint density at radius 1 is 1.21 bits per heavy atom. The summed E-state index contributed by atoms with van der Waals surface area (Å²) in [6.45, 7) is 0. The number of halogens is 1. The largest absolute Gasteiger partial charge is 0.497 e. The first-order valence-corrected chi connectivity index (χ1v) is 6.58. The molecule has 96 valence electrons. The van der Waals surface area contributed by atoms with Gasteiger partial charge in [0.25, 0.3) is 0 Å². The molecule has 0 heterocycles. The zero-order chi connectivity index (χ0) is 13.7. The molecule has 0 aromatic heterocycles. The fourth-order valence-corrected chi connectivity index (χ4v) is 2.28. The van der Waals surface area contributed by atoms with Gasteiger partial charge in [0.15, 0.2) is 0 Å². The summed E-state index contributed by atoms with van der Waals surface area (Å²) in [5.41, 5.74) is 1.76. The number of nitrogens with zero attached hydrogens (tertiary/aromatic N) is 1. The topological polar surface area (TPSA) is 45.0 Å². The average Bonchev–Trinajstić information content (AvgIpc) is 2.46. The van der Waals surface area contributed by atoms with Gasteiger partial charge in [0.05, 0.1) is 13.2 Å². The van der Waals surface area contributed by atoms with Gasteiger partial charge in [-0.05, 0) is 18.2 Å². The summed E-state index contributed by atoms with van der Waals surface area (Å²) in [4.78, 5) is 0. The van der Waals surface area contributed by atoms with Crippen molar-refractivity contribution in [2.24, 2.45) is 0 Å². The summed E-state index contributed by atoms with van der Waals surface area (Å²) >= 11 is 3.46. The first-order chi connectivity index (χ1) is 9.24. The third-order valence-corrected chi connectivity index (χ3v) is 3.45. The molecule has 0 amide bonds. The number of nitrogens with one attached hydrogen (secondary N) is 1. The van der Waals surface area contributed by atoms with Crippen LogP contribution in [-0.2, 0) is 0 Å². The van der Waals surface area contributed by atoms with Crippen molar-refractivity contribution < 1.29 is 4.74 Å². The Morgan fingerprint density at radius 3 is 2.68 bits per heavy atom. The van der Waals surface area contributed by atoms with Crippen molar-refractivity contribution in [2.75, 3.05) is 12.4 Å². The zero-order valence-electron chi connectivity index (χ0n) is 10.4. The SMILES string of the molecule is COc1cccc(NC(C#N)c2ccccc2Br)c1. The number of nitriles is 1. The van der Waals surface area contributed by atoms with Crippen molar-refractivity contribution in [3.8, 4) is 11.8 Å². The molecule has 2 rings (SSSR count). The molecule has 0 saturated carbocycles. The Labute approximate surface area is 121 Å². The fraction of sp³-hybridized carbons (Fsp3) is 0.133. The third kappa shape index (κ3) is 3.27. The van der Waals surface area contributed by atoms with Crippen LogP contribution in [0.5, 0.6) is 5.75 Å². The molecule has 0 saturated heterocycles. The maximum atomic E-state index is 9.33. The van der Waals surface area contributed by atoms with Crippen LogP contribution in [0.1, 0.15) is 11.6 Å². The summed E-state index contributed by atoms with van der Waals surface area (Å²) in [5.74, 6) is 0.758. The van der Waals surface area contributed by atoms with Crippen LogP contribution in [0.15, 0.2) is 53.0 Å². The van der Waals surface area contributed by atoms with E-state index in [4.69, 9.17) is 4.74 Å². The van der Waals surface area contributed by atoms with Gasteiger partial charge in [0, 0.05) is 21.8 Å². The molecule has 1 unspecified atom stereocenters. The Kier molecular flexibility index (Phi) is 4.43. The number of methoxy groups -OCH3 is 1. The quantitative estimate of drug-likeness (QED) is 0.922. The zero-order valence-corrected chi connectivity index (χ0v) is 12.0. The number of anilines is 1. The first kappa shape index (κ1) is 13.4. The minimum Gasteiger partial charge on any atom is -0.497 e. The molecule has 19 heavy (non-hydrogen) atoms. The minimum absolute atomic E-state index is 0.414. The summed E-state index contributed by atoms with van der Waals surface area (Å²) in [5, 5.41) is 12.5. The molecule has 0 spiro atoms. The van der Waals surface area contributed by atoms with Crippen LogP contribution in [0.2, 0.25) is 0 Å². The number of rotatable bonds is 4. The molecule has 2 aromatic rings. The lowest BCUT2D eigenvalue weighted by Gasteiger charge is -2.15. The van der Waals surface area contributed by atoms with Crippen LogP contribution in [-0.4, -0.2) is 7.11 Å². The molecule has 0 aliphatic carbocycles. The summed E-state index contributed by atoms with van der Waals surface area (Å²) in [6, 6.07) is 17.1. The van der Waals surface area contributed by atoms with Crippen molar-refractivity contribution in [3.63, 3.8) is 0 Å². The third-order valence-electron chi connectivity index (χ3n) is 2.73. The van der Waals surface area contributed by atoms with Crippen LogP contribution >= 0.6 is 15.9 Å². The van der Waals surface area contributed by atoms with Gasteiger partial charge in [-0.15, -0.1) is 0 Å². The molecule has 0 aliphatic heterocycles. The van der Waals surface area contributed by atoms with Crippen LogP contribution in [0.4, 0.5) is 5.69 Å². The van der Waals surface area contributed by atoms with Gasteiger partial charge in [-0.25, -0.2) is 0 Å². The van der Waals surface area contributed by atoms with E-state index in [9.17, 15) is 5.26 Å². The van der Waals surface area contributed by atoms with E-state index in [1.54, 1.807) is 7.11 Å². The van der Waals surface area contributed by atoms with Crippen molar-refractivity contribution in [3.05, 3.63) is 58.6 Å². The lowest BCUT2D eigenvalue weighted by atomic mass is 10.1. The Hall–Kier alpha value is -1.99. The predicted molar refractivity (Wildman–Crippen MR) is 79.1 cm³/mol. The summed E-state index contributed by atoms with van der Waals surface area (Å²) < 4.78 is 6.08. The predicted octanol–water partition coefficient (Wildman–Crippen LogP) is 4.13. The summed E-state index contributed by atoms with van der Waals surface area (Å²) in [7, 11) is 1.62. The highest BCUT2D eigenvalue weighted by atomic mass is 79.9. The van der Waals surface area contributed by atoms with Gasteiger partial charge >= 0.3 is 0 Å². The molecule has 2 aromatic carbocycles. The molecule has 0 bridgehead atoms. The number of hydrogen-bond donors (Lipinski definition) is 1. The first-order valence-electron chi connectivity index (χ1n) is 5.79.